The number of hydrogen-bond acceptors (Lipinski definition) is 5. The number of rotatable bonds is 7. The Balaban J connectivity index is 3.06. The Hall–Kier alpha value is -1.63. The van der Waals surface area contributed by atoms with Crippen molar-refractivity contribution in [2.45, 2.75) is 39.2 Å². The fourth-order valence-electron chi connectivity index (χ4n) is 1.89. The zero-order chi connectivity index (χ0) is 13.7. The average molecular weight is 256 g/mol. The van der Waals surface area contributed by atoms with Gasteiger partial charge in [-0.3, -0.25) is 10.1 Å². The second-order valence-corrected chi connectivity index (χ2v) is 4.14. The molecule has 0 saturated carbocycles. The summed E-state index contributed by atoms with van der Waals surface area (Å²) in [5, 5.41) is 27.3. The SMILES string of the molecule is CCc1nn(C)c(NC(CC)CCO)c1[N+](=O)[O-]. The molecule has 1 atom stereocenters. The molecule has 0 aromatic carbocycles. The van der Waals surface area contributed by atoms with E-state index in [1.807, 2.05) is 13.8 Å². The van der Waals surface area contributed by atoms with Gasteiger partial charge in [0.2, 0.25) is 5.82 Å². The summed E-state index contributed by atoms with van der Waals surface area (Å²) in [7, 11) is 1.68. The molecule has 102 valence electrons. The Morgan fingerprint density at radius 2 is 2.22 bits per heavy atom. The monoisotopic (exact) mass is 256 g/mol. The van der Waals surface area contributed by atoms with Crippen molar-refractivity contribution in [2.24, 2.45) is 7.05 Å². The zero-order valence-corrected chi connectivity index (χ0v) is 11.0. The van der Waals surface area contributed by atoms with Gasteiger partial charge in [-0.25, -0.2) is 4.68 Å². The summed E-state index contributed by atoms with van der Waals surface area (Å²) in [6.45, 7) is 3.86. The Labute approximate surface area is 106 Å². The second-order valence-electron chi connectivity index (χ2n) is 4.14. The summed E-state index contributed by atoms with van der Waals surface area (Å²) in [4.78, 5) is 10.7. The highest BCUT2D eigenvalue weighted by Crippen LogP contribution is 2.29. The largest absolute Gasteiger partial charge is 0.396 e. The number of nitrogens with one attached hydrogen (secondary N) is 1. The van der Waals surface area contributed by atoms with Crippen LogP contribution in [0.5, 0.6) is 0 Å². The molecule has 0 bridgehead atoms. The first-order valence-electron chi connectivity index (χ1n) is 6.12. The number of aryl methyl sites for hydroxylation is 2. The van der Waals surface area contributed by atoms with Gasteiger partial charge in [-0.15, -0.1) is 0 Å². The Bertz CT molecular complexity index is 417. The third-order valence-electron chi connectivity index (χ3n) is 2.92. The van der Waals surface area contributed by atoms with E-state index in [2.05, 4.69) is 10.4 Å². The lowest BCUT2D eigenvalue weighted by molar-refractivity contribution is -0.384. The first-order chi connectivity index (χ1) is 8.54. The Kier molecular flexibility index (Phi) is 5.08. The van der Waals surface area contributed by atoms with Crippen LogP contribution >= 0.6 is 0 Å². The fraction of sp³-hybridized carbons (Fsp3) is 0.727. The minimum atomic E-state index is -0.403. The Morgan fingerprint density at radius 1 is 1.56 bits per heavy atom. The van der Waals surface area contributed by atoms with Gasteiger partial charge in [-0.1, -0.05) is 13.8 Å². The summed E-state index contributed by atoms with van der Waals surface area (Å²) in [5.41, 5.74) is 0.514. The molecule has 1 unspecified atom stereocenters. The number of hydrogen-bond donors (Lipinski definition) is 2. The quantitative estimate of drug-likeness (QED) is 0.569. The van der Waals surface area contributed by atoms with Gasteiger partial charge < -0.3 is 10.4 Å². The molecule has 7 heteroatoms. The lowest BCUT2D eigenvalue weighted by Gasteiger charge is -2.16. The molecule has 0 spiro atoms. The minimum Gasteiger partial charge on any atom is -0.396 e. The zero-order valence-electron chi connectivity index (χ0n) is 11.0. The number of aliphatic hydroxyl groups is 1. The fourth-order valence-corrected chi connectivity index (χ4v) is 1.89. The number of aromatic nitrogens is 2. The molecule has 0 aliphatic carbocycles. The van der Waals surface area contributed by atoms with Gasteiger partial charge in [0.25, 0.3) is 0 Å². The normalized spacial score (nSPS) is 12.4. The summed E-state index contributed by atoms with van der Waals surface area (Å²) in [6.07, 6.45) is 1.85. The molecule has 0 aliphatic rings. The van der Waals surface area contributed by atoms with E-state index >= 15 is 0 Å². The van der Waals surface area contributed by atoms with E-state index in [1.165, 1.54) is 4.68 Å². The van der Waals surface area contributed by atoms with Crippen LogP contribution in [-0.2, 0) is 13.5 Å². The molecule has 1 aromatic rings. The number of aliphatic hydroxyl groups excluding tert-OH is 1. The van der Waals surface area contributed by atoms with Gasteiger partial charge in [0, 0.05) is 19.7 Å². The van der Waals surface area contributed by atoms with Crippen molar-refractivity contribution in [2.75, 3.05) is 11.9 Å². The molecular weight excluding hydrogens is 236 g/mol. The van der Waals surface area contributed by atoms with E-state index in [0.29, 0.717) is 24.4 Å². The first-order valence-corrected chi connectivity index (χ1v) is 6.12. The molecular formula is C11H20N4O3. The summed E-state index contributed by atoms with van der Waals surface area (Å²) < 4.78 is 1.50. The minimum absolute atomic E-state index is 0.00815. The maximum absolute atomic E-state index is 11.1. The van der Waals surface area contributed by atoms with Crippen LogP contribution in [0.2, 0.25) is 0 Å². The van der Waals surface area contributed by atoms with Crippen LogP contribution in [-0.4, -0.2) is 32.5 Å². The van der Waals surface area contributed by atoms with Gasteiger partial charge >= 0.3 is 5.69 Å². The molecule has 2 N–H and O–H groups in total. The van der Waals surface area contributed by atoms with Crippen molar-refractivity contribution in [3.63, 3.8) is 0 Å². The lowest BCUT2D eigenvalue weighted by atomic mass is 10.1. The van der Waals surface area contributed by atoms with Crippen molar-refractivity contribution in [1.29, 1.82) is 0 Å². The van der Waals surface area contributed by atoms with Crippen LogP contribution in [0.15, 0.2) is 0 Å². The van der Waals surface area contributed by atoms with Crippen molar-refractivity contribution in [3.8, 4) is 0 Å². The summed E-state index contributed by atoms with van der Waals surface area (Å²) in [6, 6.07) is 0.00815. The smallest absolute Gasteiger partial charge is 0.333 e. The van der Waals surface area contributed by atoms with Gasteiger partial charge in [-0.2, -0.15) is 5.10 Å². The number of nitrogens with zero attached hydrogens (tertiary/aromatic N) is 3. The van der Waals surface area contributed by atoms with Crippen molar-refractivity contribution in [1.82, 2.24) is 9.78 Å². The van der Waals surface area contributed by atoms with E-state index in [1.54, 1.807) is 7.05 Å². The maximum atomic E-state index is 11.1. The lowest BCUT2D eigenvalue weighted by Crippen LogP contribution is -2.22. The number of anilines is 1. The van der Waals surface area contributed by atoms with Crippen LogP contribution in [0.25, 0.3) is 0 Å². The predicted molar refractivity (Wildman–Crippen MR) is 68.6 cm³/mol. The third-order valence-corrected chi connectivity index (χ3v) is 2.92. The summed E-state index contributed by atoms with van der Waals surface area (Å²) in [5.74, 6) is 0.414. The average Bonchev–Trinajstić information content (AvgIpc) is 2.65. The first kappa shape index (κ1) is 14.4. The van der Waals surface area contributed by atoms with Crippen LogP contribution in [0, 0.1) is 10.1 Å². The topological polar surface area (TPSA) is 93.2 Å². The molecule has 0 aliphatic heterocycles. The van der Waals surface area contributed by atoms with E-state index in [9.17, 15) is 10.1 Å². The molecule has 0 radical (unpaired) electrons. The molecule has 1 rings (SSSR count). The molecule has 1 heterocycles. The maximum Gasteiger partial charge on any atom is 0.333 e. The van der Waals surface area contributed by atoms with Crippen molar-refractivity contribution in [3.05, 3.63) is 15.8 Å². The van der Waals surface area contributed by atoms with E-state index in [0.717, 1.165) is 6.42 Å². The third kappa shape index (κ3) is 2.98. The molecule has 1 aromatic heterocycles. The second kappa shape index (κ2) is 6.34. The molecule has 0 saturated heterocycles. The van der Waals surface area contributed by atoms with Crippen molar-refractivity contribution >= 4 is 11.5 Å². The van der Waals surface area contributed by atoms with Gasteiger partial charge in [0.15, 0.2) is 0 Å². The van der Waals surface area contributed by atoms with Crippen LogP contribution in [0.4, 0.5) is 11.5 Å². The molecule has 0 fully saturated rings. The highest BCUT2D eigenvalue weighted by Gasteiger charge is 2.26. The standard InChI is InChI=1S/C11H20N4O3/c1-4-8(6-7-16)12-11-10(15(17)18)9(5-2)13-14(11)3/h8,12,16H,4-7H2,1-3H3. The van der Waals surface area contributed by atoms with Gasteiger partial charge in [0.1, 0.15) is 5.69 Å². The predicted octanol–water partition coefficient (Wildman–Crippen LogP) is 1.46. The molecule has 18 heavy (non-hydrogen) atoms. The van der Waals surface area contributed by atoms with Crippen LogP contribution in [0.3, 0.4) is 0 Å². The van der Waals surface area contributed by atoms with E-state index in [4.69, 9.17) is 5.11 Å². The van der Waals surface area contributed by atoms with E-state index in [-0.39, 0.29) is 18.3 Å². The molecule has 7 nitrogen and oxygen atoms in total. The van der Waals surface area contributed by atoms with Gasteiger partial charge in [0.05, 0.1) is 4.92 Å². The van der Waals surface area contributed by atoms with Crippen molar-refractivity contribution < 1.29 is 10.0 Å². The van der Waals surface area contributed by atoms with Crippen LogP contribution < -0.4 is 5.32 Å². The van der Waals surface area contributed by atoms with Gasteiger partial charge in [-0.05, 0) is 19.3 Å². The van der Waals surface area contributed by atoms with E-state index < -0.39 is 4.92 Å². The van der Waals surface area contributed by atoms with Crippen LogP contribution in [0.1, 0.15) is 32.4 Å². The highest BCUT2D eigenvalue weighted by atomic mass is 16.6. The molecule has 0 amide bonds. The Morgan fingerprint density at radius 3 is 2.67 bits per heavy atom. The number of nitro groups is 1. The summed E-state index contributed by atoms with van der Waals surface area (Å²) >= 11 is 0. The highest BCUT2D eigenvalue weighted by molar-refractivity contribution is 5.60.